The predicted octanol–water partition coefficient (Wildman–Crippen LogP) is 3.07. The van der Waals surface area contributed by atoms with Crippen LogP contribution >= 0.6 is 15.9 Å². The Morgan fingerprint density at radius 2 is 2.06 bits per heavy atom. The molecule has 0 radical (unpaired) electrons. The van der Waals surface area contributed by atoms with E-state index < -0.39 is 0 Å². The fourth-order valence-corrected chi connectivity index (χ4v) is 2.36. The van der Waals surface area contributed by atoms with Crippen LogP contribution in [0.1, 0.15) is 5.56 Å². The van der Waals surface area contributed by atoms with E-state index in [1.807, 2.05) is 41.8 Å². The summed E-state index contributed by atoms with van der Waals surface area (Å²) in [6, 6.07) is 9.74. The first-order chi connectivity index (χ1) is 8.68. The Kier molecular flexibility index (Phi) is 2.56. The molecule has 90 valence electrons. The van der Waals surface area contributed by atoms with Crippen LogP contribution in [0.3, 0.4) is 0 Å². The van der Waals surface area contributed by atoms with Gasteiger partial charge in [0.1, 0.15) is 5.52 Å². The Balaban J connectivity index is 2.38. The zero-order valence-electron chi connectivity index (χ0n) is 9.76. The minimum absolute atomic E-state index is 0.449. The summed E-state index contributed by atoms with van der Waals surface area (Å²) in [4.78, 5) is 8.68. The van der Waals surface area contributed by atoms with Crippen molar-refractivity contribution in [1.29, 1.82) is 0 Å². The first-order valence-corrected chi connectivity index (χ1v) is 6.32. The zero-order chi connectivity index (χ0) is 12.7. The quantitative estimate of drug-likeness (QED) is 0.751. The summed E-state index contributed by atoms with van der Waals surface area (Å²) in [6.07, 6.45) is 1.74. The SMILES string of the molecule is Cc1c(Br)cccc1-n1c(N)nc2cccnc21. The number of benzene rings is 1. The number of imidazole rings is 1. The van der Waals surface area contributed by atoms with Gasteiger partial charge in [-0.25, -0.2) is 9.97 Å². The Hall–Kier alpha value is -1.88. The standard InChI is InChI=1S/C13H11BrN4/c1-8-9(14)4-2-6-11(8)18-12-10(17-13(18)15)5-3-7-16-12/h2-7H,1H3,(H2,15,17). The van der Waals surface area contributed by atoms with Crippen LogP contribution in [0.5, 0.6) is 0 Å². The smallest absolute Gasteiger partial charge is 0.207 e. The monoisotopic (exact) mass is 302 g/mol. The molecule has 2 heterocycles. The number of halogens is 1. The summed E-state index contributed by atoms with van der Waals surface area (Å²) in [5, 5.41) is 0. The molecule has 0 aliphatic heterocycles. The Bertz CT molecular complexity index is 733. The lowest BCUT2D eigenvalue weighted by Gasteiger charge is -2.10. The average Bonchev–Trinajstić information content (AvgIpc) is 2.69. The summed E-state index contributed by atoms with van der Waals surface area (Å²) in [6.45, 7) is 2.04. The maximum atomic E-state index is 6.00. The fourth-order valence-electron chi connectivity index (χ4n) is 2.01. The van der Waals surface area contributed by atoms with Gasteiger partial charge in [0.05, 0.1) is 5.69 Å². The Morgan fingerprint density at radius 3 is 2.89 bits per heavy atom. The molecule has 0 aliphatic rings. The van der Waals surface area contributed by atoms with E-state index in [4.69, 9.17) is 5.73 Å². The highest BCUT2D eigenvalue weighted by Gasteiger charge is 2.13. The zero-order valence-corrected chi connectivity index (χ0v) is 11.3. The number of nitrogen functional groups attached to an aromatic ring is 1. The van der Waals surface area contributed by atoms with Gasteiger partial charge < -0.3 is 5.73 Å². The molecule has 1 aromatic carbocycles. The van der Waals surface area contributed by atoms with Gasteiger partial charge in [0.15, 0.2) is 5.65 Å². The summed E-state index contributed by atoms with van der Waals surface area (Å²) in [5.74, 6) is 0.449. The number of nitrogens with zero attached hydrogens (tertiary/aromatic N) is 3. The number of fused-ring (bicyclic) bond motifs is 1. The van der Waals surface area contributed by atoms with Crippen molar-refractivity contribution in [2.45, 2.75) is 6.92 Å². The van der Waals surface area contributed by atoms with Gasteiger partial charge in [-0.3, -0.25) is 4.57 Å². The molecule has 0 fully saturated rings. The number of hydrogen-bond acceptors (Lipinski definition) is 3. The van der Waals surface area contributed by atoms with Crippen LogP contribution in [-0.4, -0.2) is 14.5 Å². The van der Waals surface area contributed by atoms with E-state index in [-0.39, 0.29) is 0 Å². The van der Waals surface area contributed by atoms with Crippen molar-refractivity contribution < 1.29 is 0 Å². The molecule has 3 rings (SSSR count). The van der Waals surface area contributed by atoms with Crippen molar-refractivity contribution in [3.63, 3.8) is 0 Å². The number of hydrogen-bond donors (Lipinski definition) is 1. The molecule has 5 heteroatoms. The number of nitrogens with two attached hydrogens (primary N) is 1. The third kappa shape index (κ3) is 1.59. The summed E-state index contributed by atoms with van der Waals surface area (Å²) in [5.41, 5.74) is 9.67. The van der Waals surface area contributed by atoms with Gasteiger partial charge in [-0.05, 0) is 36.8 Å². The van der Waals surface area contributed by atoms with Crippen LogP contribution in [0.2, 0.25) is 0 Å². The number of rotatable bonds is 1. The van der Waals surface area contributed by atoms with E-state index in [0.29, 0.717) is 5.95 Å². The topological polar surface area (TPSA) is 56.7 Å². The normalized spacial score (nSPS) is 11.0. The van der Waals surface area contributed by atoms with E-state index >= 15 is 0 Å². The Labute approximate surface area is 113 Å². The van der Waals surface area contributed by atoms with Gasteiger partial charge in [0, 0.05) is 10.7 Å². The van der Waals surface area contributed by atoms with Gasteiger partial charge in [-0.15, -0.1) is 0 Å². The fraction of sp³-hybridized carbons (Fsp3) is 0.0769. The van der Waals surface area contributed by atoms with E-state index in [0.717, 1.165) is 26.9 Å². The number of pyridine rings is 1. The summed E-state index contributed by atoms with van der Waals surface area (Å²) in [7, 11) is 0. The second-order valence-corrected chi connectivity index (χ2v) is 4.89. The van der Waals surface area contributed by atoms with Crippen LogP contribution in [-0.2, 0) is 0 Å². The van der Waals surface area contributed by atoms with Crippen molar-refractivity contribution in [2.24, 2.45) is 0 Å². The molecular formula is C13H11BrN4. The van der Waals surface area contributed by atoms with Gasteiger partial charge in [-0.1, -0.05) is 22.0 Å². The highest BCUT2D eigenvalue weighted by Crippen LogP contribution is 2.27. The van der Waals surface area contributed by atoms with Crippen molar-refractivity contribution >= 4 is 33.0 Å². The maximum Gasteiger partial charge on any atom is 0.207 e. The first kappa shape index (κ1) is 11.2. The summed E-state index contributed by atoms with van der Waals surface area (Å²) >= 11 is 3.53. The number of aromatic nitrogens is 3. The molecule has 2 N–H and O–H groups in total. The molecule has 0 saturated carbocycles. The van der Waals surface area contributed by atoms with Crippen LogP contribution in [0.15, 0.2) is 41.0 Å². The van der Waals surface area contributed by atoms with Gasteiger partial charge >= 0.3 is 0 Å². The molecule has 0 spiro atoms. The lowest BCUT2D eigenvalue weighted by atomic mass is 10.2. The molecule has 2 aromatic heterocycles. The lowest BCUT2D eigenvalue weighted by molar-refractivity contribution is 1.06. The maximum absolute atomic E-state index is 6.00. The van der Waals surface area contributed by atoms with E-state index in [1.54, 1.807) is 6.20 Å². The predicted molar refractivity (Wildman–Crippen MR) is 75.7 cm³/mol. The van der Waals surface area contributed by atoms with Crippen molar-refractivity contribution in [2.75, 3.05) is 5.73 Å². The van der Waals surface area contributed by atoms with Crippen molar-refractivity contribution in [3.05, 3.63) is 46.6 Å². The van der Waals surface area contributed by atoms with E-state index in [9.17, 15) is 0 Å². The number of anilines is 1. The lowest BCUT2D eigenvalue weighted by Crippen LogP contribution is -2.03. The second-order valence-electron chi connectivity index (χ2n) is 4.04. The average molecular weight is 303 g/mol. The third-order valence-electron chi connectivity index (χ3n) is 2.92. The molecule has 0 aliphatic carbocycles. The van der Waals surface area contributed by atoms with Crippen molar-refractivity contribution in [3.8, 4) is 5.69 Å². The molecular weight excluding hydrogens is 292 g/mol. The minimum Gasteiger partial charge on any atom is -0.369 e. The molecule has 0 unspecified atom stereocenters. The van der Waals surface area contributed by atoms with Crippen LogP contribution in [0.4, 0.5) is 5.95 Å². The largest absolute Gasteiger partial charge is 0.369 e. The molecule has 0 saturated heterocycles. The highest BCUT2D eigenvalue weighted by atomic mass is 79.9. The molecule has 18 heavy (non-hydrogen) atoms. The second kappa shape index (κ2) is 4.10. The minimum atomic E-state index is 0.449. The van der Waals surface area contributed by atoms with Crippen molar-refractivity contribution in [1.82, 2.24) is 14.5 Å². The van der Waals surface area contributed by atoms with E-state index in [1.165, 1.54) is 0 Å². The molecule has 4 nitrogen and oxygen atoms in total. The van der Waals surface area contributed by atoms with Crippen LogP contribution < -0.4 is 5.73 Å². The first-order valence-electron chi connectivity index (χ1n) is 5.53. The molecule has 0 amide bonds. The third-order valence-corrected chi connectivity index (χ3v) is 3.78. The Morgan fingerprint density at radius 1 is 1.22 bits per heavy atom. The van der Waals surface area contributed by atoms with E-state index in [2.05, 4.69) is 25.9 Å². The van der Waals surface area contributed by atoms with Gasteiger partial charge in [-0.2, -0.15) is 0 Å². The van der Waals surface area contributed by atoms with Gasteiger partial charge in [0.2, 0.25) is 5.95 Å². The highest BCUT2D eigenvalue weighted by molar-refractivity contribution is 9.10. The summed E-state index contributed by atoms with van der Waals surface area (Å²) < 4.78 is 2.91. The van der Waals surface area contributed by atoms with Gasteiger partial charge in [0.25, 0.3) is 0 Å². The van der Waals surface area contributed by atoms with Crippen LogP contribution in [0.25, 0.3) is 16.9 Å². The van der Waals surface area contributed by atoms with Crippen LogP contribution in [0, 0.1) is 6.92 Å². The molecule has 0 atom stereocenters. The molecule has 3 aromatic rings. The molecule has 0 bridgehead atoms.